The van der Waals surface area contributed by atoms with Crippen LogP contribution in [-0.4, -0.2) is 16.1 Å². The fourth-order valence-corrected chi connectivity index (χ4v) is 1.28. The molecule has 4 N–H and O–H groups in total. The van der Waals surface area contributed by atoms with Gasteiger partial charge in [-0.05, 0) is 12.1 Å². The van der Waals surface area contributed by atoms with Gasteiger partial charge >= 0.3 is 5.97 Å². The van der Waals surface area contributed by atoms with Crippen LogP contribution in [0.3, 0.4) is 0 Å². The minimum Gasteiger partial charge on any atom is -0.478 e. The van der Waals surface area contributed by atoms with Crippen molar-refractivity contribution < 1.29 is 9.90 Å². The van der Waals surface area contributed by atoms with E-state index in [2.05, 4.69) is 4.98 Å². The van der Waals surface area contributed by atoms with E-state index in [0.717, 1.165) is 0 Å². The minimum atomic E-state index is -0.918. The molecule has 72 valence electrons. The maximum atomic E-state index is 10.8. The zero-order chi connectivity index (χ0) is 9.26. The second-order valence-corrected chi connectivity index (χ2v) is 2.68. The summed E-state index contributed by atoms with van der Waals surface area (Å²) in [6.07, 6.45) is 1.51. The van der Waals surface area contributed by atoms with E-state index in [-0.39, 0.29) is 6.15 Å². The van der Waals surface area contributed by atoms with Gasteiger partial charge in [0.05, 0.1) is 11.1 Å². The second kappa shape index (κ2) is 3.85. The van der Waals surface area contributed by atoms with Gasteiger partial charge in [-0.2, -0.15) is 0 Å². The van der Waals surface area contributed by atoms with Crippen LogP contribution in [0.5, 0.6) is 0 Å². The van der Waals surface area contributed by atoms with Crippen molar-refractivity contribution in [2.45, 2.75) is 0 Å². The highest BCUT2D eigenvalue weighted by Gasteiger charge is 2.06. The Balaban J connectivity index is 0.000000980. The zero-order valence-corrected chi connectivity index (χ0v) is 7.47. The summed E-state index contributed by atoms with van der Waals surface area (Å²) < 4.78 is 0. The monoisotopic (exact) mass is 190 g/mol. The Morgan fingerprint density at radius 3 is 2.64 bits per heavy atom. The number of aromatic carboxylic acids is 1. The van der Waals surface area contributed by atoms with E-state index in [4.69, 9.17) is 5.11 Å². The lowest BCUT2D eigenvalue weighted by Crippen LogP contribution is -1.97. The van der Waals surface area contributed by atoms with E-state index in [1.54, 1.807) is 18.2 Å². The number of aromatic nitrogens is 1. The normalized spacial score (nSPS) is 9.43. The summed E-state index contributed by atoms with van der Waals surface area (Å²) >= 11 is 0. The molecule has 0 aliphatic rings. The molecule has 0 aliphatic carbocycles. The number of carboxylic acids is 1. The van der Waals surface area contributed by atoms with Crippen LogP contribution in [0.15, 0.2) is 36.5 Å². The van der Waals surface area contributed by atoms with Crippen molar-refractivity contribution >= 4 is 16.9 Å². The number of pyridine rings is 1. The number of carbonyl (C=O) groups is 1. The van der Waals surface area contributed by atoms with Gasteiger partial charge in [-0.1, -0.05) is 18.2 Å². The number of carboxylic acid groups (broad SMARTS) is 1. The van der Waals surface area contributed by atoms with Crippen molar-refractivity contribution in [3.8, 4) is 0 Å². The smallest absolute Gasteiger partial charge is 0.336 e. The number of para-hydroxylation sites is 1. The summed E-state index contributed by atoms with van der Waals surface area (Å²) in [5.74, 6) is -0.918. The Morgan fingerprint density at radius 1 is 1.21 bits per heavy atom. The van der Waals surface area contributed by atoms with E-state index >= 15 is 0 Å². The molecule has 0 spiro atoms. The van der Waals surface area contributed by atoms with Gasteiger partial charge in [0.15, 0.2) is 0 Å². The fraction of sp³-hybridized carbons (Fsp3) is 0. The Labute approximate surface area is 80.8 Å². The summed E-state index contributed by atoms with van der Waals surface area (Å²) in [4.78, 5) is 14.8. The van der Waals surface area contributed by atoms with Crippen molar-refractivity contribution in [1.29, 1.82) is 0 Å². The highest BCUT2D eigenvalue weighted by atomic mass is 16.4. The van der Waals surface area contributed by atoms with Gasteiger partial charge in [-0.3, -0.25) is 4.98 Å². The van der Waals surface area contributed by atoms with Crippen molar-refractivity contribution in [2.75, 3.05) is 0 Å². The molecule has 4 nitrogen and oxygen atoms in total. The average Bonchev–Trinajstić information content (AvgIpc) is 2.17. The van der Waals surface area contributed by atoms with Gasteiger partial charge in [0.2, 0.25) is 0 Å². The topological polar surface area (TPSA) is 85.2 Å². The molecule has 4 heteroatoms. The summed E-state index contributed by atoms with van der Waals surface area (Å²) in [6.45, 7) is 0. The molecule has 0 saturated heterocycles. The van der Waals surface area contributed by atoms with Crippen LogP contribution < -0.4 is 6.15 Å². The predicted molar refractivity (Wildman–Crippen MR) is 53.7 cm³/mol. The van der Waals surface area contributed by atoms with Gasteiger partial charge in [-0.25, -0.2) is 4.79 Å². The third kappa shape index (κ3) is 1.55. The van der Waals surface area contributed by atoms with Crippen molar-refractivity contribution in [3.63, 3.8) is 0 Å². The van der Waals surface area contributed by atoms with Crippen LogP contribution in [0.25, 0.3) is 10.9 Å². The predicted octanol–water partition coefficient (Wildman–Crippen LogP) is 2.09. The lowest BCUT2D eigenvalue weighted by atomic mass is 10.1. The quantitative estimate of drug-likeness (QED) is 0.720. The van der Waals surface area contributed by atoms with Crippen LogP contribution in [0.1, 0.15) is 10.4 Å². The van der Waals surface area contributed by atoms with E-state index in [1.165, 1.54) is 12.3 Å². The Kier molecular flexibility index (Phi) is 2.79. The zero-order valence-electron chi connectivity index (χ0n) is 7.47. The number of benzene rings is 1. The Hall–Kier alpha value is -1.94. The van der Waals surface area contributed by atoms with E-state index < -0.39 is 5.97 Å². The van der Waals surface area contributed by atoms with Gasteiger partial charge < -0.3 is 11.3 Å². The summed E-state index contributed by atoms with van der Waals surface area (Å²) in [6, 6.07) is 8.69. The SMILES string of the molecule is N.O=C(O)c1ccnc2ccccc12. The van der Waals surface area contributed by atoms with Gasteiger partial charge in [0, 0.05) is 11.6 Å². The molecule has 0 aliphatic heterocycles. The number of hydrogen-bond acceptors (Lipinski definition) is 3. The highest BCUT2D eigenvalue weighted by molar-refractivity contribution is 6.02. The summed E-state index contributed by atoms with van der Waals surface area (Å²) in [5.41, 5.74) is 1.01. The van der Waals surface area contributed by atoms with Gasteiger partial charge in [0.25, 0.3) is 0 Å². The largest absolute Gasteiger partial charge is 0.478 e. The number of hydrogen-bond donors (Lipinski definition) is 2. The van der Waals surface area contributed by atoms with Crippen molar-refractivity contribution in [2.24, 2.45) is 0 Å². The van der Waals surface area contributed by atoms with Crippen LogP contribution in [-0.2, 0) is 0 Å². The molecule has 0 saturated carbocycles. The second-order valence-electron chi connectivity index (χ2n) is 2.68. The molecule has 14 heavy (non-hydrogen) atoms. The molecule has 1 aromatic carbocycles. The standard InChI is InChI=1S/C10H7NO2.H3N/c12-10(13)8-5-6-11-9-4-2-1-3-7(8)9;/h1-6H,(H,12,13);1H3. The van der Waals surface area contributed by atoms with E-state index in [1.807, 2.05) is 6.07 Å². The molecule has 0 radical (unpaired) electrons. The third-order valence-corrected chi connectivity index (χ3v) is 1.88. The van der Waals surface area contributed by atoms with Crippen LogP contribution in [0.4, 0.5) is 0 Å². The molecule has 2 rings (SSSR count). The molecule has 0 fully saturated rings. The molecular formula is C10H10N2O2. The first-order chi connectivity index (χ1) is 6.29. The van der Waals surface area contributed by atoms with Crippen molar-refractivity contribution in [1.82, 2.24) is 11.1 Å². The highest BCUT2D eigenvalue weighted by Crippen LogP contribution is 2.15. The lowest BCUT2D eigenvalue weighted by Gasteiger charge is -1.99. The van der Waals surface area contributed by atoms with Crippen LogP contribution >= 0.6 is 0 Å². The molecule has 0 unspecified atom stereocenters. The lowest BCUT2D eigenvalue weighted by molar-refractivity contribution is 0.0699. The first kappa shape index (κ1) is 10.1. The van der Waals surface area contributed by atoms with Crippen LogP contribution in [0, 0.1) is 0 Å². The van der Waals surface area contributed by atoms with Crippen LogP contribution in [0.2, 0.25) is 0 Å². The molecule has 0 atom stereocenters. The first-order valence-electron chi connectivity index (χ1n) is 3.86. The molecule has 2 aromatic rings. The van der Waals surface area contributed by atoms with Crippen molar-refractivity contribution in [3.05, 3.63) is 42.1 Å². The van der Waals surface area contributed by atoms with Gasteiger partial charge in [0.1, 0.15) is 0 Å². The fourth-order valence-electron chi connectivity index (χ4n) is 1.28. The first-order valence-corrected chi connectivity index (χ1v) is 3.86. The summed E-state index contributed by atoms with van der Waals surface area (Å²) in [7, 11) is 0. The average molecular weight is 190 g/mol. The molecule has 0 amide bonds. The maximum absolute atomic E-state index is 10.8. The van der Waals surface area contributed by atoms with E-state index in [9.17, 15) is 4.79 Å². The third-order valence-electron chi connectivity index (χ3n) is 1.88. The maximum Gasteiger partial charge on any atom is 0.336 e. The minimum absolute atomic E-state index is 0. The summed E-state index contributed by atoms with van der Waals surface area (Å²) in [5, 5.41) is 9.53. The molecule has 1 heterocycles. The number of rotatable bonds is 1. The van der Waals surface area contributed by atoms with Gasteiger partial charge in [-0.15, -0.1) is 0 Å². The number of nitrogens with zero attached hydrogens (tertiary/aromatic N) is 1. The molecule has 1 aromatic heterocycles. The Bertz CT molecular complexity index is 463. The van der Waals surface area contributed by atoms with E-state index in [0.29, 0.717) is 16.5 Å². The number of fused-ring (bicyclic) bond motifs is 1. The molecular weight excluding hydrogens is 180 g/mol. The Morgan fingerprint density at radius 2 is 1.93 bits per heavy atom. The molecule has 0 bridgehead atoms.